The first kappa shape index (κ1) is 33.3. The number of nitrogens with zero attached hydrogens (tertiary/aromatic N) is 2. The zero-order valence-electron chi connectivity index (χ0n) is 24.2. The van der Waals surface area contributed by atoms with Gasteiger partial charge in [0.15, 0.2) is 0 Å². The smallest absolute Gasteiger partial charge is 0.264 e. The minimum absolute atomic E-state index is 0.00485. The van der Waals surface area contributed by atoms with Gasteiger partial charge >= 0.3 is 0 Å². The molecule has 2 amide bonds. The number of amides is 2. The van der Waals surface area contributed by atoms with Crippen molar-refractivity contribution in [2.45, 2.75) is 37.8 Å². The Labute approximate surface area is 273 Å². The average molecular weight is 673 g/mol. The summed E-state index contributed by atoms with van der Waals surface area (Å²) < 4.78 is 29.1. The molecule has 0 fully saturated rings. The van der Waals surface area contributed by atoms with Crippen molar-refractivity contribution in [3.05, 3.63) is 129 Å². The largest absolute Gasteiger partial charge is 0.355 e. The number of halogens is 3. The molecule has 0 radical (unpaired) electrons. The SMILES string of the molecule is CCNC(=O)C(Cc1ccccc1)N(Cc1c(Cl)cccc1Cl)C(=O)CN(c1ccc(C)c(Cl)c1)S(=O)(=O)c1ccccc1. The molecule has 0 saturated heterocycles. The highest BCUT2D eigenvalue weighted by atomic mass is 35.5. The van der Waals surface area contributed by atoms with E-state index in [4.69, 9.17) is 34.8 Å². The van der Waals surface area contributed by atoms with Crippen molar-refractivity contribution in [3.63, 3.8) is 0 Å². The molecule has 0 aromatic heterocycles. The van der Waals surface area contributed by atoms with E-state index in [0.29, 0.717) is 27.2 Å². The van der Waals surface area contributed by atoms with E-state index in [2.05, 4.69) is 5.32 Å². The maximum Gasteiger partial charge on any atom is 0.264 e. The Hall–Kier alpha value is -3.56. The fraction of sp³-hybridized carbons (Fsp3) is 0.212. The van der Waals surface area contributed by atoms with Gasteiger partial charge in [0.25, 0.3) is 10.0 Å². The number of carbonyl (C=O) groups excluding carboxylic acids is 2. The van der Waals surface area contributed by atoms with E-state index in [1.807, 2.05) is 30.3 Å². The first-order valence-corrected chi connectivity index (χ1v) is 16.5. The second-order valence-corrected chi connectivity index (χ2v) is 13.2. The third kappa shape index (κ3) is 7.93. The summed E-state index contributed by atoms with van der Waals surface area (Å²) in [5, 5.41) is 3.78. The van der Waals surface area contributed by atoms with E-state index in [1.54, 1.807) is 62.4 Å². The number of rotatable bonds is 12. The van der Waals surface area contributed by atoms with Crippen molar-refractivity contribution in [1.82, 2.24) is 10.2 Å². The summed E-state index contributed by atoms with van der Waals surface area (Å²) in [6, 6.07) is 25.8. The Morgan fingerprint density at radius 1 is 0.818 bits per heavy atom. The molecule has 0 spiro atoms. The molecule has 7 nitrogen and oxygen atoms in total. The number of carbonyl (C=O) groups is 2. The average Bonchev–Trinajstić information content (AvgIpc) is 3.01. The number of anilines is 1. The van der Waals surface area contributed by atoms with Gasteiger partial charge in [0.2, 0.25) is 11.8 Å². The lowest BCUT2D eigenvalue weighted by atomic mass is 10.0. The van der Waals surface area contributed by atoms with Crippen molar-refractivity contribution in [3.8, 4) is 0 Å². The number of hydrogen-bond donors (Lipinski definition) is 1. The second-order valence-electron chi connectivity index (χ2n) is 10.1. The standard InChI is InChI=1S/C33H32Cl3N3O4S/c1-3-37-33(41)31(19-24-11-6-4-7-12-24)38(21-27-28(34)15-10-16-29(27)35)32(40)22-39(25-18-17-23(2)30(36)20-25)44(42,43)26-13-8-5-9-14-26/h4-18,20,31H,3,19,21-22H2,1-2H3,(H,37,41). The van der Waals surface area contributed by atoms with Gasteiger partial charge in [0.1, 0.15) is 12.6 Å². The number of aryl methyl sites for hydroxylation is 1. The normalized spacial score (nSPS) is 11.9. The van der Waals surface area contributed by atoms with Crippen LogP contribution >= 0.6 is 34.8 Å². The van der Waals surface area contributed by atoms with Crippen LogP contribution in [0.4, 0.5) is 5.69 Å². The topological polar surface area (TPSA) is 86.8 Å². The van der Waals surface area contributed by atoms with Gasteiger partial charge in [-0.3, -0.25) is 13.9 Å². The van der Waals surface area contributed by atoms with E-state index in [9.17, 15) is 18.0 Å². The maximum absolute atomic E-state index is 14.4. The minimum Gasteiger partial charge on any atom is -0.355 e. The highest BCUT2D eigenvalue weighted by Gasteiger charge is 2.35. The number of nitrogens with one attached hydrogen (secondary N) is 1. The lowest BCUT2D eigenvalue weighted by Crippen LogP contribution is -2.53. The maximum atomic E-state index is 14.4. The first-order chi connectivity index (χ1) is 21.0. The van der Waals surface area contributed by atoms with Crippen molar-refractivity contribution in [2.75, 3.05) is 17.4 Å². The predicted molar refractivity (Wildman–Crippen MR) is 177 cm³/mol. The van der Waals surface area contributed by atoms with Gasteiger partial charge in [-0.25, -0.2) is 8.42 Å². The molecule has 44 heavy (non-hydrogen) atoms. The third-order valence-corrected chi connectivity index (χ3v) is 9.97. The van der Waals surface area contributed by atoms with E-state index < -0.39 is 34.4 Å². The summed E-state index contributed by atoms with van der Waals surface area (Å²) in [7, 11) is -4.24. The molecule has 0 saturated carbocycles. The van der Waals surface area contributed by atoms with Crippen LogP contribution in [0.15, 0.2) is 102 Å². The summed E-state index contributed by atoms with van der Waals surface area (Å²) in [6.07, 6.45) is 0.169. The van der Waals surface area contributed by atoms with Gasteiger partial charge in [-0.1, -0.05) is 95.5 Å². The summed E-state index contributed by atoms with van der Waals surface area (Å²) >= 11 is 19.5. The van der Waals surface area contributed by atoms with Crippen LogP contribution in [-0.4, -0.2) is 44.3 Å². The Kier molecular flexibility index (Phi) is 11.3. The predicted octanol–water partition coefficient (Wildman–Crippen LogP) is 6.93. The lowest BCUT2D eigenvalue weighted by Gasteiger charge is -2.34. The highest BCUT2D eigenvalue weighted by molar-refractivity contribution is 7.92. The molecule has 4 aromatic carbocycles. The molecule has 1 N–H and O–H groups in total. The van der Waals surface area contributed by atoms with Crippen molar-refractivity contribution in [2.24, 2.45) is 0 Å². The van der Waals surface area contributed by atoms with Gasteiger partial charge < -0.3 is 10.2 Å². The minimum atomic E-state index is -4.24. The van der Waals surface area contributed by atoms with Gasteiger partial charge in [0.05, 0.1) is 10.6 Å². The van der Waals surface area contributed by atoms with Gasteiger partial charge in [0, 0.05) is 40.1 Å². The van der Waals surface area contributed by atoms with E-state index in [0.717, 1.165) is 15.4 Å². The van der Waals surface area contributed by atoms with Crippen LogP contribution in [0.3, 0.4) is 0 Å². The number of sulfonamides is 1. The van der Waals surface area contributed by atoms with Crippen molar-refractivity contribution in [1.29, 1.82) is 0 Å². The number of hydrogen-bond acceptors (Lipinski definition) is 4. The number of likely N-dealkylation sites (N-methyl/N-ethyl adjacent to an activating group) is 1. The van der Waals surface area contributed by atoms with Crippen LogP contribution < -0.4 is 9.62 Å². The van der Waals surface area contributed by atoms with Crippen LogP contribution in [0.25, 0.3) is 0 Å². The van der Waals surface area contributed by atoms with Crippen LogP contribution in [0.2, 0.25) is 15.1 Å². The zero-order valence-corrected chi connectivity index (χ0v) is 27.3. The number of benzene rings is 4. The molecule has 0 aliphatic heterocycles. The molecule has 11 heteroatoms. The van der Waals surface area contributed by atoms with E-state index in [-0.39, 0.29) is 23.5 Å². The molecule has 4 aromatic rings. The summed E-state index contributed by atoms with van der Waals surface area (Å²) in [5.41, 5.74) is 2.19. The monoisotopic (exact) mass is 671 g/mol. The molecule has 1 unspecified atom stereocenters. The molecule has 0 heterocycles. The summed E-state index contributed by atoms with van der Waals surface area (Å²) in [6.45, 7) is 3.14. The molecule has 0 aliphatic rings. The van der Waals surface area contributed by atoms with E-state index >= 15 is 0 Å². The third-order valence-electron chi connectivity index (χ3n) is 7.07. The van der Waals surface area contributed by atoms with Crippen LogP contribution in [0, 0.1) is 6.92 Å². The molecule has 1 atom stereocenters. The van der Waals surface area contributed by atoms with Crippen molar-refractivity contribution < 1.29 is 18.0 Å². The van der Waals surface area contributed by atoms with Gasteiger partial charge in [-0.05, 0) is 61.4 Å². The van der Waals surface area contributed by atoms with E-state index in [1.165, 1.54) is 23.1 Å². The Balaban J connectivity index is 1.84. The first-order valence-electron chi connectivity index (χ1n) is 13.9. The molecule has 0 aliphatic carbocycles. The fourth-order valence-corrected chi connectivity index (χ4v) is 6.80. The molecular formula is C33H32Cl3N3O4S. The van der Waals surface area contributed by atoms with Crippen LogP contribution in [-0.2, 0) is 32.6 Å². The summed E-state index contributed by atoms with van der Waals surface area (Å²) in [4.78, 5) is 29.4. The Morgan fingerprint density at radius 2 is 1.43 bits per heavy atom. The second kappa shape index (κ2) is 14.9. The molecule has 4 rings (SSSR count). The lowest BCUT2D eigenvalue weighted by molar-refractivity contribution is -0.140. The summed E-state index contributed by atoms with van der Waals surface area (Å²) in [5.74, 6) is -1.03. The quantitative estimate of drug-likeness (QED) is 0.177. The Morgan fingerprint density at radius 3 is 2.02 bits per heavy atom. The zero-order chi connectivity index (χ0) is 31.9. The molecule has 0 bridgehead atoms. The van der Waals surface area contributed by atoms with Crippen LogP contribution in [0.1, 0.15) is 23.6 Å². The highest BCUT2D eigenvalue weighted by Crippen LogP contribution is 2.30. The van der Waals surface area contributed by atoms with Gasteiger partial charge in [-0.2, -0.15) is 0 Å². The Bertz CT molecular complexity index is 1700. The van der Waals surface area contributed by atoms with Crippen LogP contribution in [0.5, 0.6) is 0 Å². The van der Waals surface area contributed by atoms with Crippen molar-refractivity contribution >= 4 is 62.3 Å². The molecule has 230 valence electrons. The molecular weight excluding hydrogens is 641 g/mol. The fourth-order valence-electron chi connectivity index (χ4n) is 4.69. The van der Waals surface area contributed by atoms with Gasteiger partial charge in [-0.15, -0.1) is 0 Å².